The third-order valence-corrected chi connectivity index (χ3v) is 6.58. The number of rotatable bonds is 9. The summed E-state index contributed by atoms with van der Waals surface area (Å²) in [5.41, 5.74) is 2.26. The molecule has 2 rings (SSSR count). The standard InChI is InChI=1S/C22H26O4S2/c1-5-25-21(23)19(27-17-11-7-15(3)8-12-17)20(22(24)26-6-2)28-18-13-9-16(4)10-14-18/h7-14,19-20H,5-6H2,1-4H3/t19-,20-/m0/s1. The summed E-state index contributed by atoms with van der Waals surface area (Å²) in [6.07, 6.45) is 0. The Morgan fingerprint density at radius 2 is 1.04 bits per heavy atom. The fraction of sp³-hybridized carbons (Fsp3) is 0.364. The van der Waals surface area contributed by atoms with E-state index in [4.69, 9.17) is 9.47 Å². The molecule has 0 spiro atoms. The van der Waals surface area contributed by atoms with Gasteiger partial charge >= 0.3 is 11.9 Å². The molecule has 2 aromatic carbocycles. The topological polar surface area (TPSA) is 52.6 Å². The maximum Gasteiger partial charge on any atom is 0.321 e. The van der Waals surface area contributed by atoms with Gasteiger partial charge in [0.15, 0.2) is 0 Å². The number of benzene rings is 2. The lowest BCUT2D eigenvalue weighted by molar-refractivity contribution is -0.148. The van der Waals surface area contributed by atoms with Crippen molar-refractivity contribution in [2.24, 2.45) is 0 Å². The van der Waals surface area contributed by atoms with Crippen LogP contribution in [0.3, 0.4) is 0 Å². The summed E-state index contributed by atoms with van der Waals surface area (Å²) in [6, 6.07) is 15.7. The van der Waals surface area contributed by atoms with Crippen LogP contribution in [0, 0.1) is 13.8 Å². The van der Waals surface area contributed by atoms with Crippen molar-refractivity contribution < 1.29 is 19.1 Å². The van der Waals surface area contributed by atoms with Gasteiger partial charge in [-0.05, 0) is 52.0 Å². The first-order chi connectivity index (χ1) is 13.4. The molecule has 0 fully saturated rings. The monoisotopic (exact) mass is 418 g/mol. The zero-order valence-electron chi connectivity index (χ0n) is 16.6. The molecule has 0 saturated heterocycles. The average Bonchev–Trinajstić information content (AvgIpc) is 2.68. The minimum atomic E-state index is -0.715. The predicted octanol–water partition coefficient (Wildman–Crippen LogP) is 5.05. The normalized spacial score (nSPS) is 12.9. The molecule has 0 amide bonds. The lowest BCUT2D eigenvalue weighted by Gasteiger charge is -2.23. The van der Waals surface area contributed by atoms with Gasteiger partial charge in [-0.1, -0.05) is 35.4 Å². The Morgan fingerprint density at radius 3 is 1.32 bits per heavy atom. The zero-order valence-corrected chi connectivity index (χ0v) is 18.3. The van der Waals surface area contributed by atoms with E-state index in [2.05, 4.69) is 0 Å². The van der Waals surface area contributed by atoms with Crippen molar-refractivity contribution in [3.05, 3.63) is 59.7 Å². The van der Waals surface area contributed by atoms with Crippen molar-refractivity contribution in [1.82, 2.24) is 0 Å². The van der Waals surface area contributed by atoms with Gasteiger partial charge < -0.3 is 9.47 Å². The van der Waals surface area contributed by atoms with Crippen molar-refractivity contribution in [2.75, 3.05) is 13.2 Å². The fourth-order valence-corrected chi connectivity index (χ4v) is 4.75. The van der Waals surface area contributed by atoms with Gasteiger partial charge in [-0.2, -0.15) is 0 Å². The Morgan fingerprint density at radius 1 is 0.714 bits per heavy atom. The second-order valence-corrected chi connectivity index (χ2v) is 8.64. The van der Waals surface area contributed by atoms with Gasteiger partial charge in [0.1, 0.15) is 10.5 Å². The SMILES string of the molecule is CCOC(=O)[C@@H](Sc1ccc(C)cc1)[C@H](Sc1ccc(C)cc1)C(=O)OCC. The van der Waals surface area contributed by atoms with Crippen LogP contribution in [-0.4, -0.2) is 35.7 Å². The summed E-state index contributed by atoms with van der Waals surface area (Å²) in [6.45, 7) is 8.05. The molecule has 0 heterocycles. The van der Waals surface area contributed by atoms with Crippen LogP contribution in [0.2, 0.25) is 0 Å². The fourth-order valence-electron chi connectivity index (χ4n) is 2.44. The van der Waals surface area contributed by atoms with Crippen LogP contribution in [0.25, 0.3) is 0 Å². The quantitative estimate of drug-likeness (QED) is 0.419. The highest BCUT2D eigenvalue weighted by atomic mass is 32.2. The van der Waals surface area contributed by atoms with Gasteiger partial charge in [0.2, 0.25) is 0 Å². The van der Waals surface area contributed by atoms with E-state index >= 15 is 0 Å². The molecule has 0 aliphatic carbocycles. The van der Waals surface area contributed by atoms with E-state index < -0.39 is 22.4 Å². The summed E-state index contributed by atoms with van der Waals surface area (Å²) in [5.74, 6) is -0.823. The molecule has 2 atom stereocenters. The second kappa shape index (κ2) is 11.2. The van der Waals surface area contributed by atoms with Crippen molar-refractivity contribution in [1.29, 1.82) is 0 Å². The minimum absolute atomic E-state index is 0.258. The summed E-state index contributed by atoms with van der Waals surface area (Å²) < 4.78 is 10.6. The van der Waals surface area contributed by atoms with Gasteiger partial charge in [-0.3, -0.25) is 9.59 Å². The van der Waals surface area contributed by atoms with Crippen molar-refractivity contribution in [3.8, 4) is 0 Å². The number of hydrogen-bond donors (Lipinski definition) is 0. The first-order valence-corrected chi connectivity index (χ1v) is 11.0. The number of ether oxygens (including phenoxy) is 2. The van der Waals surface area contributed by atoms with E-state index in [9.17, 15) is 9.59 Å². The highest BCUT2D eigenvalue weighted by Crippen LogP contribution is 2.36. The highest BCUT2D eigenvalue weighted by molar-refractivity contribution is 8.04. The smallest absolute Gasteiger partial charge is 0.321 e. The van der Waals surface area contributed by atoms with E-state index in [1.54, 1.807) is 13.8 Å². The van der Waals surface area contributed by atoms with Crippen LogP contribution in [0.15, 0.2) is 58.3 Å². The maximum atomic E-state index is 12.7. The van der Waals surface area contributed by atoms with Crippen molar-refractivity contribution in [3.63, 3.8) is 0 Å². The van der Waals surface area contributed by atoms with Crippen LogP contribution >= 0.6 is 23.5 Å². The largest absolute Gasteiger partial charge is 0.465 e. The minimum Gasteiger partial charge on any atom is -0.465 e. The number of carbonyl (C=O) groups is 2. The first kappa shape index (κ1) is 22.4. The van der Waals surface area contributed by atoms with Crippen LogP contribution in [0.4, 0.5) is 0 Å². The summed E-state index contributed by atoms with van der Waals surface area (Å²) in [7, 11) is 0. The van der Waals surface area contributed by atoms with Crippen molar-refractivity contribution >= 4 is 35.5 Å². The van der Waals surface area contributed by atoms with Gasteiger partial charge in [0.25, 0.3) is 0 Å². The van der Waals surface area contributed by atoms with Crippen molar-refractivity contribution in [2.45, 2.75) is 48.0 Å². The molecule has 0 N–H and O–H groups in total. The molecule has 150 valence electrons. The van der Waals surface area contributed by atoms with Crippen LogP contribution in [0.1, 0.15) is 25.0 Å². The van der Waals surface area contributed by atoms with E-state index in [1.807, 2.05) is 62.4 Å². The molecule has 0 unspecified atom stereocenters. The predicted molar refractivity (Wildman–Crippen MR) is 115 cm³/mol. The van der Waals surface area contributed by atoms with Gasteiger partial charge in [0, 0.05) is 9.79 Å². The van der Waals surface area contributed by atoms with Crippen LogP contribution in [-0.2, 0) is 19.1 Å². The molecule has 6 heteroatoms. The summed E-state index contributed by atoms with van der Waals surface area (Å²) in [5, 5.41) is -1.43. The highest BCUT2D eigenvalue weighted by Gasteiger charge is 2.38. The molecule has 0 saturated carbocycles. The summed E-state index contributed by atoms with van der Waals surface area (Å²) in [4.78, 5) is 27.3. The Kier molecular flexibility index (Phi) is 8.93. The van der Waals surface area contributed by atoms with Crippen LogP contribution < -0.4 is 0 Å². The van der Waals surface area contributed by atoms with E-state index in [-0.39, 0.29) is 13.2 Å². The molecule has 0 aliphatic rings. The van der Waals surface area contributed by atoms with E-state index in [1.165, 1.54) is 23.5 Å². The molecular weight excluding hydrogens is 392 g/mol. The Bertz CT molecular complexity index is 705. The Balaban J connectivity index is 2.34. The number of hydrogen-bond acceptors (Lipinski definition) is 6. The first-order valence-electron chi connectivity index (χ1n) is 9.24. The lowest BCUT2D eigenvalue weighted by Crippen LogP contribution is -2.37. The molecule has 0 aliphatic heterocycles. The number of esters is 2. The van der Waals surface area contributed by atoms with E-state index in [0.717, 1.165) is 20.9 Å². The molecular formula is C22H26O4S2. The maximum absolute atomic E-state index is 12.7. The van der Waals surface area contributed by atoms with Gasteiger partial charge in [0.05, 0.1) is 13.2 Å². The third-order valence-electron chi connectivity index (χ3n) is 3.88. The molecule has 0 radical (unpaired) electrons. The Hall–Kier alpha value is -1.92. The third kappa shape index (κ3) is 6.60. The van der Waals surface area contributed by atoms with Gasteiger partial charge in [-0.15, -0.1) is 23.5 Å². The van der Waals surface area contributed by atoms with E-state index in [0.29, 0.717) is 0 Å². The molecule has 28 heavy (non-hydrogen) atoms. The average molecular weight is 419 g/mol. The molecule has 4 nitrogen and oxygen atoms in total. The Labute approximate surface area is 175 Å². The van der Waals surface area contributed by atoms with Gasteiger partial charge in [-0.25, -0.2) is 0 Å². The lowest BCUT2D eigenvalue weighted by atomic mass is 10.2. The zero-order chi connectivity index (χ0) is 20.5. The molecule has 0 aromatic heterocycles. The number of aryl methyl sites for hydroxylation is 2. The van der Waals surface area contributed by atoms with Crippen LogP contribution in [0.5, 0.6) is 0 Å². The number of carbonyl (C=O) groups excluding carboxylic acids is 2. The molecule has 2 aromatic rings. The molecule has 0 bridgehead atoms. The second-order valence-electron chi connectivity index (χ2n) is 6.21. The summed E-state index contributed by atoms with van der Waals surface area (Å²) >= 11 is 2.67. The number of thioether (sulfide) groups is 2.